The predicted octanol–water partition coefficient (Wildman–Crippen LogP) is 1.31. The second kappa shape index (κ2) is 6.92. The second-order valence-electron chi connectivity index (χ2n) is 5.63. The molecule has 2 saturated heterocycles. The van der Waals surface area contributed by atoms with Gasteiger partial charge < -0.3 is 24.3 Å². The highest BCUT2D eigenvalue weighted by Crippen LogP contribution is 2.35. The monoisotopic (exact) mass is 325 g/mol. The van der Waals surface area contributed by atoms with E-state index in [0.717, 1.165) is 5.56 Å². The zero-order valence-corrected chi connectivity index (χ0v) is 13.0. The van der Waals surface area contributed by atoms with Gasteiger partial charge in [0, 0.05) is 19.6 Å². The summed E-state index contributed by atoms with van der Waals surface area (Å²) >= 11 is 0. The molecule has 1 N–H and O–H groups in total. The van der Waals surface area contributed by atoms with Crippen LogP contribution in [0.3, 0.4) is 0 Å². The Morgan fingerprint density at radius 1 is 1.30 bits per heavy atom. The fourth-order valence-corrected chi connectivity index (χ4v) is 2.92. The number of alkyl halides is 1. The van der Waals surface area contributed by atoms with E-state index < -0.39 is 37.0 Å². The fraction of sp³-hybridized carbons (Fsp3) is 0.562. The van der Waals surface area contributed by atoms with Crippen LogP contribution in [0.2, 0.25) is 0 Å². The van der Waals surface area contributed by atoms with E-state index in [-0.39, 0.29) is 12.5 Å². The van der Waals surface area contributed by atoms with Gasteiger partial charge in [-0.05, 0) is 0 Å². The lowest BCUT2D eigenvalue weighted by molar-refractivity contribution is -0.333. The van der Waals surface area contributed by atoms with Crippen LogP contribution in [-0.2, 0) is 23.7 Å². The maximum absolute atomic E-state index is 14.9. The van der Waals surface area contributed by atoms with Crippen molar-refractivity contribution in [3.05, 3.63) is 35.9 Å². The van der Waals surface area contributed by atoms with E-state index in [9.17, 15) is 9.18 Å². The van der Waals surface area contributed by atoms with Gasteiger partial charge in [0.05, 0.1) is 6.61 Å². The van der Waals surface area contributed by atoms with Crippen LogP contribution in [-0.4, -0.2) is 50.3 Å². The Balaban J connectivity index is 1.76. The first kappa shape index (κ1) is 16.3. The van der Waals surface area contributed by atoms with Gasteiger partial charge in [0.2, 0.25) is 5.91 Å². The Morgan fingerprint density at radius 2 is 2.04 bits per heavy atom. The van der Waals surface area contributed by atoms with E-state index >= 15 is 0 Å². The minimum absolute atomic E-state index is 0.192. The number of carbonyl (C=O) groups excluding carboxylic acids is 1. The zero-order valence-electron chi connectivity index (χ0n) is 13.0. The second-order valence-corrected chi connectivity index (χ2v) is 5.63. The number of nitrogens with one attached hydrogen (secondary N) is 1. The van der Waals surface area contributed by atoms with Crippen LogP contribution in [0.15, 0.2) is 30.3 Å². The van der Waals surface area contributed by atoms with Crippen molar-refractivity contribution in [2.75, 3.05) is 13.7 Å². The number of hydrogen-bond acceptors (Lipinski definition) is 5. The molecule has 3 rings (SSSR count). The first-order valence-corrected chi connectivity index (χ1v) is 7.51. The smallest absolute Gasteiger partial charge is 0.217 e. The maximum Gasteiger partial charge on any atom is 0.217 e. The fourth-order valence-electron chi connectivity index (χ4n) is 2.92. The number of benzene rings is 1. The van der Waals surface area contributed by atoms with Crippen molar-refractivity contribution < 1.29 is 28.1 Å². The van der Waals surface area contributed by atoms with Gasteiger partial charge in [0.25, 0.3) is 0 Å². The van der Waals surface area contributed by atoms with E-state index in [2.05, 4.69) is 5.32 Å². The highest BCUT2D eigenvalue weighted by Gasteiger charge is 2.50. The molecule has 23 heavy (non-hydrogen) atoms. The number of rotatable bonds is 3. The molecule has 6 atom stereocenters. The summed E-state index contributed by atoms with van der Waals surface area (Å²) in [6.45, 7) is 1.51. The molecule has 1 unspecified atom stereocenters. The Hall–Kier alpha value is -1.54. The molecule has 0 bridgehead atoms. The minimum Gasteiger partial charge on any atom is -0.354 e. The summed E-state index contributed by atoms with van der Waals surface area (Å²) in [7, 11) is 1.41. The molecule has 0 radical (unpaired) electrons. The molecule has 0 aromatic heterocycles. The molecule has 0 spiro atoms. The summed E-state index contributed by atoms with van der Waals surface area (Å²) < 4.78 is 37.1. The molecule has 7 heteroatoms. The van der Waals surface area contributed by atoms with Gasteiger partial charge in [-0.2, -0.15) is 0 Å². The van der Waals surface area contributed by atoms with Gasteiger partial charge in [-0.25, -0.2) is 4.39 Å². The number of amides is 1. The lowest BCUT2D eigenvalue weighted by Crippen LogP contribution is -2.65. The van der Waals surface area contributed by atoms with Gasteiger partial charge in [0.15, 0.2) is 18.8 Å². The van der Waals surface area contributed by atoms with Crippen molar-refractivity contribution in [2.24, 2.45) is 0 Å². The lowest BCUT2D eigenvalue weighted by atomic mass is 9.97. The quantitative estimate of drug-likeness (QED) is 0.908. The first-order chi connectivity index (χ1) is 11.1. The number of hydrogen-bond donors (Lipinski definition) is 1. The molecule has 2 fully saturated rings. The highest BCUT2D eigenvalue weighted by molar-refractivity contribution is 5.73. The molecule has 1 amide bonds. The van der Waals surface area contributed by atoms with Crippen molar-refractivity contribution in [1.29, 1.82) is 0 Å². The van der Waals surface area contributed by atoms with Crippen LogP contribution in [0, 0.1) is 0 Å². The summed E-state index contributed by atoms with van der Waals surface area (Å²) in [6.07, 6.45) is -4.41. The molecule has 6 nitrogen and oxygen atoms in total. The van der Waals surface area contributed by atoms with E-state index in [1.807, 2.05) is 30.3 Å². The molecule has 1 aromatic rings. The highest BCUT2D eigenvalue weighted by atomic mass is 19.1. The summed E-state index contributed by atoms with van der Waals surface area (Å²) in [6, 6.07) is 8.38. The molecule has 1 aromatic carbocycles. The van der Waals surface area contributed by atoms with E-state index in [1.165, 1.54) is 14.0 Å². The molecular weight excluding hydrogens is 305 g/mol. The summed E-state index contributed by atoms with van der Waals surface area (Å²) in [5.41, 5.74) is 0.808. The SMILES string of the molecule is CO[C@H]1O[C@@H]2COC(c3ccccc3)O[C@H]2[C@H](F)[C@@H]1NC(C)=O. The van der Waals surface area contributed by atoms with Crippen LogP contribution < -0.4 is 5.32 Å². The third kappa shape index (κ3) is 3.37. The minimum atomic E-state index is -1.46. The van der Waals surface area contributed by atoms with E-state index in [4.69, 9.17) is 18.9 Å². The van der Waals surface area contributed by atoms with Crippen molar-refractivity contribution in [3.63, 3.8) is 0 Å². The van der Waals surface area contributed by atoms with Gasteiger partial charge in [0.1, 0.15) is 18.2 Å². The van der Waals surface area contributed by atoms with Crippen LogP contribution in [0.25, 0.3) is 0 Å². The number of methoxy groups -OCH3 is 1. The van der Waals surface area contributed by atoms with Crippen LogP contribution >= 0.6 is 0 Å². The van der Waals surface area contributed by atoms with Gasteiger partial charge in [-0.15, -0.1) is 0 Å². The average Bonchev–Trinajstić information content (AvgIpc) is 2.57. The first-order valence-electron chi connectivity index (χ1n) is 7.51. The molecular formula is C16H20FNO5. The number of halogens is 1. The molecule has 2 heterocycles. The molecule has 0 saturated carbocycles. The van der Waals surface area contributed by atoms with Crippen molar-refractivity contribution in [2.45, 2.75) is 43.9 Å². The number of ether oxygens (including phenoxy) is 4. The Kier molecular flexibility index (Phi) is 4.91. The van der Waals surface area contributed by atoms with Crippen LogP contribution in [0.4, 0.5) is 4.39 Å². The molecule has 2 aliphatic rings. The summed E-state index contributed by atoms with van der Waals surface area (Å²) in [4.78, 5) is 11.3. The van der Waals surface area contributed by atoms with Gasteiger partial charge >= 0.3 is 0 Å². The van der Waals surface area contributed by atoms with Crippen LogP contribution in [0.5, 0.6) is 0 Å². The van der Waals surface area contributed by atoms with Gasteiger partial charge in [-0.3, -0.25) is 4.79 Å². The number of fused-ring (bicyclic) bond motifs is 1. The Bertz CT molecular complexity index is 543. The van der Waals surface area contributed by atoms with Crippen molar-refractivity contribution >= 4 is 5.91 Å². The Morgan fingerprint density at radius 3 is 2.70 bits per heavy atom. The third-order valence-electron chi connectivity index (χ3n) is 3.99. The van der Waals surface area contributed by atoms with E-state index in [1.54, 1.807) is 0 Å². The van der Waals surface area contributed by atoms with Crippen molar-refractivity contribution in [1.82, 2.24) is 5.32 Å². The Labute approximate surface area is 133 Å². The number of carbonyl (C=O) groups is 1. The average molecular weight is 325 g/mol. The molecule has 0 aliphatic carbocycles. The normalized spacial score (nSPS) is 37.0. The van der Waals surface area contributed by atoms with Gasteiger partial charge in [-0.1, -0.05) is 30.3 Å². The topological polar surface area (TPSA) is 66.0 Å². The largest absolute Gasteiger partial charge is 0.354 e. The lowest BCUT2D eigenvalue weighted by Gasteiger charge is -2.46. The standard InChI is InChI=1S/C16H20FNO5/c1-9(19)18-13-12(17)14-11(22-16(13)20-2)8-21-15(23-14)10-6-4-3-5-7-10/h3-7,11-16H,8H2,1-2H3,(H,18,19)/t11-,12-,13+,14-,15?,16+/m1/s1. The van der Waals surface area contributed by atoms with E-state index in [0.29, 0.717) is 0 Å². The summed E-state index contributed by atoms with van der Waals surface area (Å²) in [5.74, 6) is -0.353. The zero-order chi connectivity index (χ0) is 16.4. The molecule has 126 valence electrons. The molecule has 2 aliphatic heterocycles. The third-order valence-corrected chi connectivity index (χ3v) is 3.99. The van der Waals surface area contributed by atoms with Crippen molar-refractivity contribution in [3.8, 4) is 0 Å². The van der Waals surface area contributed by atoms with Crippen LogP contribution in [0.1, 0.15) is 18.8 Å². The maximum atomic E-state index is 14.9. The predicted molar refractivity (Wildman–Crippen MR) is 78.2 cm³/mol. The summed E-state index contributed by atoms with van der Waals surface area (Å²) in [5, 5.41) is 2.54.